The Balaban J connectivity index is 1.93. The molecule has 1 amide bonds. The van der Waals surface area contributed by atoms with E-state index in [1.165, 1.54) is 6.08 Å². The quantitative estimate of drug-likeness (QED) is 0.750. The molecule has 0 unspecified atom stereocenters. The van der Waals surface area contributed by atoms with E-state index in [9.17, 15) is 4.79 Å². The summed E-state index contributed by atoms with van der Waals surface area (Å²) in [5, 5.41) is 3.42. The lowest BCUT2D eigenvalue weighted by atomic mass is 10.2. The van der Waals surface area contributed by atoms with Crippen LogP contribution in [0, 0.1) is 6.92 Å². The standard InChI is InChI=1S/C19H20ClNO2/c1-3-12-23-17-9-5-15(6-10-17)7-11-19(22)21-16-8-4-14(2)18(20)13-16/h4-11,13H,3,12H2,1-2H3,(H,21,22). The molecule has 23 heavy (non-hydrogen) atoms. The maximum Gasteiger partial charge on any atom is 0.248 e. The lowest BCUT2D eigenvalue weighted by molar-refractivity contribution is -0.111. The molecule has 3 nitrogen and oxygen atoms in total. The van der Waals surface area contributed by atoms with Crippen molar-refractivity contribution < 1.29 is 9.53 Å². The number of amides is 1. The van der Waals surface area contributed by atoms with Crippen molar-refractivity contribution >= 4 is 29.3 Å². The van der Waals surface area contributed by atoms with Crippen molar-refractivity contribution in [3.05, 3.63) is 64.7 Å². The first kappa shape index (κ1) is 17.1. The van der Waals surface area contributed by atoms with Crippen molar-refractivity contribution in [3.8, 4) is 5.75 Å². The van der Waals surface area contributed by atoms with Crippen LogP contribution < -0.4 is 10.1 Å². The third kappa shape index (κ3) is 5.46. The largest absolute Gasteiger partial charge is 0.494 e. The van der Waals surface area contributed by atoms with Crippen molar-refractivity contribution in [2.45, 2.75) is 20.3 Å². The average Bonchev–Trinajstić information content (AvgIpc) is 2.55. The van der Waals surface area contributed by atoms with Gasteiger partial charge in [-0.15, -0.1) is 0 Å². The molecule has 2 aromatic carbocycles. The fourth-order valence-electron chi connectivity index (χ4n) is 1.92. The van der Waals surface area contributed by atoms with Crippen molar-refractivity contribution in [2.75, 3.05) is 11.9 Å². The summed E-state index contributed by atoms with van der Waals surface area (Å²) in [4.78, 5) is 11.9. The topological polar surface area (TPSA) is 38.3 Å². The molecule has 0 bridgehead atoms. The number of ether oxygens (including phenoxy) is 1. The highest BCUT2D eigenvalue weighted by Gasteiger charge is 2.01. The highest BCUT2D eigenvalue weighted by molar-refractivity contribution is 6.31. The minimum Gasteiger partial charge on any atom is -0.494 e. The molecule has 0 fully saturated rings. The Bertz CT molecular complexity index is 693. The minimum atomic E-state index is -0.198. The molecule has 0 aromatic heterocycles. The maximum atomic E-state index is 11.9. The molecule has 1 N–H and O–H groups in total. The van der Waals surface area contributed by atoms with Gasteiger partial charge in [0.05, 0.1) is 6.61 Å². The molecule has 0 radical (unpaired) electrons. The highest BCUT2D eigenvalue weighted by Crippen LogP contribution is 2.20. The summed E-state index contributed by atoms with van der Waals surface area (Å²) in [6.07, 6.45) is 4.23. The normalized spacial score (nSPS) is 10.7. The third-order valence-electron chi connectivity index (χ3n) is 3.22. The molecule has 0 aliphatic heterocycles. The average molecular weight is 330 g/mol. The summed E-state index contributed by atoms with van der Waals surface area (Å²) in [5.41, 5.74) is 2.59. The number of benzene rings is 2. The maximum absolute atomic E-state index is 11.9. The summed E-state index contributed by atoms with van der Waals surface area (Å²) < 4.78 is 5.52. The SMILES string of the molecule is CCCOc1ccc(C=CC(=O)Nc2ccc(C)c(Cl)c2)cc1. The summed E-state index contributed by atoms with van der Waals surface area (Å²) in [7, 11) is 0. The van der Waals surface area contributed by atoms with Crippen molar-refractivity contribution in [1.82, 2.24) is 0 Å². The van der Waals surface area contributed by atoms with Gasteiger partial charge in [0.25, 0.3) is 0 Å². The van der Waals surface area contributed by atoms with E-state index < -0.39 is 0 Å². The van der Waals surface area contributed by atoms with E-state index in [1.807, 2.05) is 43.3 Å². The number of carbonyl (C=O) groups excluding carboxylic acids is 1. The van der Waals surface area contributed by atoms with Crippen LogP contribution >= 0.6 is 11.6 Å². The molecule has 0 saturated carbocycles. The second-order valence-corrected chi connectivity index (χ2v) is 5.61. The monoisotopic (exact) mass is 329 g/mol. The Morgan fingerprint density at radius 3 is 2.61 bits per heavy atom. The number of carbonyl (C=O) groups is 1. The fourth-order valence-corrected chi connectivity index (χ4v) is 2.10. The van der Waals surface area contributed by atoms with Gasteiger partial charge in [0.2, 0.25) is 5.91 Å². The molecule has 2 rings (SSSR count). The van der Waals surface area contributed by atoms with Crippen LogP contribution in [0.2, 0.25) is 5.02 Å². The zero-order chi connectivity index (χ0) is 16.7. The summed E-state index contributed by atoms with van der Waals surface area (Å²) in [5.74, 6) is 0.638. The number of halogens is 1. The van der Waals surface area contributed by atoms with Crippen molar-refractivity contribution in [2.24, 2.45) is 0 Å². The van der Waals surface area contributed by atoms with E-state index in [4.69, 9.17) is 16.3 Å². The molecule has 4 heteroatoms. The Kier molecular flexibility index (Phi) is 6.24. The van der Waals surface area contributed by atoms with Crippen molar-refractivity contribution in [3.63, 3.8) is 0 Å². The second-order valence-electron chi connectivity index (χ2n) is 5.20. The summed E-state index contributed by atoms with van der Waals surface area (Å²) in [6.45, 7) is 4.69. The molecule has 120 valence electrons. The van der Waals surface area contributed by atoms with E-state index in [0.717, 1.165) is 23.3 Å². The van der Waals surface area contributed by atoms with Gasteiger partial charge in [0, 0.05) is 16.8 Å². The lowest BCUT2D eigenvalue weighted by Crippen LogP contribution is -2.07. The van der Waals surface area contributed by atoms with Gasteiger partial charge in [0.15, 0.2) is 0 Å². The van der Waals surface area contributed by atoms with Gasteiger partial charge >= 0.3 is 0 Å². The molecule has 0 saturated heterocycles. The van der Waals surface area contributed by atoms with Gasteiger partial charge in [-0.05, 0) is 54.8 Å². The van der Waals surface area contributed by atoms with Crippen LogP contribution in [-0.2, 0) is 4.79 Å². The Morgan fingerprint density at radius 1 is 1.22 bits per heavy atom. The predicted molar refractivity (Wildman–Crippen MR) is 96.1 cm³/mol. The van der Waals surface area contributed by atoms with Gasteiger partial charge in [-0.3, -0.25) is 4.79 Å². The highest BCUT2D eigenvalue weighted by atomic mass is 35.5. The van der Waals surface area contributed by atoms with E-state index in [1.54, 1.807) is 12.1 Å². The third-order valence-corrected chi connectivity index (χ3v) is 3.63. The Hall–Kier alpha value is -2.26. The van der Waals surface area contributed by atoms with Crippen LogP contribution in [-0.4, -0.2) is 12.5 Å². The minimum absolute atomic E-state index is 0.198. The zero-order valence-corrected chi connectivity index (χ0v) is 14.1. The van der Waals surface area contributed by atoms with Crippen LogP contribution in [0.3, 0.4) is 0 Å². The van der Waals surface area contributed by atoms with Crippen LogP contribution in [0.25, 0.3) is 6.08 Å². The second kappa shape index (κ2) is 8.39. The number of anilines is 1. The van der Waals surface area contributed by atoms with Gasteiger partial charge in [-0.1, -0.05) is 36.7 Å². The van der Waals surface area contributed by atoms with Gasteiger partial charge < -0.3 is 10.1 Å². The smallest absolute Gasteiger partial charge is 0.248 e. The number of rotatable bonds is 6. The first-order chi connectivity index (χ1) is 11.1. The van der Waals surface area contributed by atoms with Crippen molar-refractivity contribution in [1.29, 1.82) is 0 Å². The molecular weight excluding hydrogens is 310 g/mol. The van der Waals surface area contributed by atoms with E-state index in [0.29, 0.717) is 17.3 Å². The molecule has 0 aliphatic rings. The van der Waals surface area contributed by atoms with Crippen LogP contribution in [0.15, 0.2) is 48.5 Å². The number of hydrogen-bond acceptors (Lipinski definition) is 2. The van der Waals surface area contributed by atoms with Gasteiger partial charge in [0.1, 0.15) is 5.75 Å². The predicted octanol–water partition coefficient (Wildman–Crippen LogP) is 5.09. The number of aryl methyl sites for hydroxylation is 1. The molecule has 0 spiro atoms. The summed E-state index contributed by atoms with van der Waals surface area (Å²) in [6, 6.07) is 13.1. The number of hydrogen-bond donors (Lipinski definition) is 1. The molecule has 0 aliphatic carbocycles. The lowest BCUT2D eigenvalue weighted by Gasteiger charge is -2.05. The van der Waals surface area contributed by atoms with Crippen LogP contribution in [0.5, 0.6) is 5.75 Å². The molecular formula is C19H20ClNO2. The van der Waals surface area contributed by atoms with Gasteiger partial charge in [-0.25, -0.2) is 0 Å². The number of nitrogens with one attached hydrogen (secondary N) is 1. The Morgan fingerprint density at radius 2 is 1.96 bits per heavy atom. The molecule has 0 atom stereocenters. The first-order valence-electron chi connectivity index (χ1n) is 7.56. The van der Waals surface area contributed by atoms with E-state index >= 15 is 0 Å². The first-order valence-corrected chi connectivity index (χ1v) is 7.94. The fraction of sp³-hybridized carbons (Fsp3) is 0.211. The zero-order valence-electron chi connectivity index (χ0n) is 13.3. The van der Waals surface area contributed by atoms with Crippen LogP contribution in [0.4, 0.5) is 5.69 Å². The van der Waals surface area contributed by atoms with Gasteiger partial charge in [-0.2, -0.15) is 0 Å². The van der Waals surface area contributed by atoms with E-state index in [-0.39, 0.29) is 5.91 Å². The molecule has 2 aromatic rings. The van der Waals surface area contributed by atoms with E-state index in [2.05, 4.69) is 12.2 Å². The van der Waals surface area contributed by atoms with Crippen LogP contribution in [0.1, 0.15) is 24.5 Å². The Labute approximate surface area is 141 Å². The summed E-state index contributed by atoms with van der Waals surface area (Å²) >= 11 is 6.04. The molecule has 0 heterocycles.